The summed E-state index contributed by atoms with van der Waals surface area (Å²) in [6.07, 6.45) is 7.48. The number of imidazole rings is 1. The molecule has 0 amide bonds. The van der Waals surface area contributed by atoms with E-state index in [2.05, 4.69) is 37.4 Å². The number of aliphatic hydroxyl groups excluding tert-OH is 2. The van der Waals surface area contributed by atoms with Gasteiger partial charge in [0.2, 0.25) is 5.78 Å². The number of carboxylic acid groups (broad SMARTS) is 1. The van der Waals surface area contributed by atoms with E-state index < -0.39 is 18.2 Å². The summed E-state index contributed by atoms with van der Waals surface area (Å²) in [5, 5.41) is 32.9. The number of hydrogen-bond donors (Lipinski definition) is 3. The number of aliphatic carboxylic acids is 1. The molecule has 0 radical (unpaired) electrons. The molecule has 3 N–H and O–H groups in total. The van der Waals surface area contributed by atoms with Crippen molar-refractivity contribution in [3.63, 3.8) is 0 Å². The van der Waals surface area contributed by atoms with Crippen molar-refractivity contribution < 1.29 is 20.1 Å². The van der Waals surface area contributed by atoms with E-state index in [0.717, 1.165) is 61.0 Å². The first-order valence-corrected chi connectivity index (χ1v) is 14.9. The highest BCUT2D eigenvalue weighted by atomic mass is 16.4. The van der Waals surface area contributed by atoms with Crippen molar-refractivity contribution >= 4 is 22.8 Å². The van der Waals surface area contributed by atoms with E-state index in [4.69, 9.17) is 9.97 Å². The third kappa shape index (κ3) is 3.65. The van der Waals surface area contributed by atoms with Crippen LogP contribution >= 0.6 is 0 Å². The predicted molar refractivity (Wildman–Crippen MR) is 148 cm³/mol. The second-order valence-electron chi connectivity index (χ2n) is 14.0. The third-order valence-electron chi connectivity index (χ3n) is 12.1. The zero-order valence-corrected chi connectivity index (χ0v) is 23.3. The van der Waals surface area contributed by atoms with Crippen molar-refractivity contribution in [2.75, 3.05) is 0 Å². The summed E-state index contributed by atoms with van der Waals surface area (Å²) >= 11 is 0. The van der Waals surface area contributed by atoms with Crippen molar-refractivity contribution in [2.24, 2.45) is 46.3 Å². The first-order chi connectivity index (χ1) is 18.6. The van der Waals surface area contributed by atoms with Crippen LogP contribution in [0, 0.1) is 46.3 Å². The first-order valence-electron chi connectivity index (χ1n) is 14.9. The van der Waals surface area contributed by atoms with E-state index in [1.165, 1.54) is 5.56 Å². The molecule has 0 bridgehead atoms. The summed E-state index contributed by atoms with van der Waals surface area (Å²) in [6.45, 7) is 6.89. The average Bonchev–Trinajstić information content (AvgIpc) is 3.41. The lowest BCUT2D eigenvalue weighted by Gasteiger charge is -2.63. The van der Waals surface area contributed by atoms with Crippen molar-refractivity contribution in [3.8, 4) is 0 Å². The number of para-hydroxylation sites is 2. The maximum absolute atomic E-state index is 11.9. The SMILES string of the molecule is C[C@H](CCC(=O)O)[C@H]1CC[C@H]2[C@H]3[C@H]([C@H](O)C[C@]12C)[C@@]1(C)Cc2cn4c(nc2C[C@@H]1C[C@H]3O)nc1ccccc14. The van der Waals surface area contributed by atoms with Gasteiger partial charge in [0.05, 0.1) is 23.2 Å². The lowest BCUT2D eigenvalue weighted by atomic mass is 9.43. The number of nitrogens with zero attached hydrogens (tertiary/aromatic N) is 3. The highest BCUT2D eigenvalue weighted by Gasteiger charge is 2.65. The number of fused-ring (bicyclic) bond motifs is 9. The molecule has 0 unspecified atom stereocenters. The summed E-state index contributed by atoms with van der Waals surface area (Å²) in [5.74, 6) is 1.42. The van der Waals surface area contributed by atoms with Gasteiger partial charge in [-0.25, -0.2) is 9.97 Å². The van der Waals surface area contributed by atoms with E-state index in [1.54, 1.807) is 0 Å². The van der Waals surface area contributed by atoms with Gasteiger partial charge in [0, 0.05) is 18.3 Å². The molecule has 7 heteroatoms. The van der Waals surface area contributed by atoms with Crippen LogP contribution in [0.5, 0.6) is 0 Å². The summed E-state index contributed by atoms with van der Waals surface area (Å²) in [7, 11) is 0. The Kier molecular flexibility index (Phi) is 5.71. The zero-order valence-electron chi connectivity index (χ0n) is 23.3. The van der Waals surface area contributed by atoms with E-state index >= 15 is 0 Å². The Hall–Kier alpha value is -2.51. The largest absolute Gasteiger partial charge is 0.481 e. The molecule has 10 atom stereocenters. The Labute approximate surface area is 229 Å². The minimum atomic E-state index is -0.736. The van der Waals surface area contributed by atoms with Gasteiger partial charge in [0.1, 0.15) is 0 Å². The molecule has 3 saturated carbocycles. The maximum Gasteiger partial charge on any atom is 0.303 e. The lowest BCUT2D eigenvalue weighted by molar-refractivity contribution is -0.200. The summed E-state index contributed by atoms with van der Waals surface area (Å²) < 4.78 is 2.11. The second-order valence-corrected chi connectivity index (χ2v) is 14.0. The number of hydrogen-bond acceptors (Lipinski definition) is 5. The van der Waals surface area contributed by atoms with Crippen LogP contribution in [-0.2, 0) is 17.6 Å². The predicted octanol–water partition coefficient (Wildman–Crippen LogP) is 4.90. The fourth-order valence-electron chi connectivity index (χ4n) is 10.4. The molecule has 0 spiro atoms. The molecule has 2 heterocycles. The first kappa shape index (κ1) is 25.5. The molecule has 7 rings (SSSR count). The number of benzene rings is 1. The fraction of sp³-hybridized carbons (Fsp3) is 0.656. The van der Waals surface area contributed by atoms with Gasteiger partial charge in [0.25, 0.3) is 0 Å². The minimum Gasteiger partial charge on any atom is -0.481 e. The van der Waals surface area contributed by atoms with Crippen LogP contribution in [0.15, 0.2) is 30.5 Å². The van der Waals surface area contributed by atoms with E-state index in [0.29, 0.717) is 24.2 Å². The van der Waals surface area contributed by atoms with Crippen LogP contribution in [0.1, 0.15) is 70.6 Å². The molecule has 208 valence electrons. The van der Waals surface area contributed by atoms with Gasteiger partial charge in [-0.15, -0.1) is 0 Å². The monoisotopic (exact) mass is 531 g/mol. The van der Waals surface area contributed by atoms with Crippen molar-refractivity contribution in [3.05, 3.63) is 41.7 Å². The molecule has 4 aliphatic carbocycles. The topological polar surface area (TPSA) is 108 Å². The zero-order chi connectivity index (χ0) is 27.3. The molecular weight excluding hydrogens is 490 g/mol. The summed E-state index contributed by atoms with van der Waals surface area (Å²) in [4.78, 5) is 21.0. The Balaban J connectivity index is 1.24. The van der Waals surface area contributed by atoms with Crippen LogP contribution in [0.25, 0.3) is 16.8 Å². The van der Waals surface area contributed by atoms with E-state index in [-0.39, 0.29) is 35.0 Å². The molecule has 2 aromatic heterocycles. The summed E-state index contributed by atoms with van der Waals surface area (Å²) in [6, 6.07) is 8.15. The number of rotatable bonds is 4. The van der Waals surface area contributed by atoms with Crippen molar-refractivity contribution in [1.82, 2.24) is 14.4 Å². The molecule has 3 aromatic rings. The molecule has 4 aliphatic rings. The fourth-order valence-corrected chi connectivity index (χ4v) is 10.4. The Morgan fingerprint density at radius 3 is 2.72 bits per heavy atom. The number of carbonyl (C=O) groups is 1. The molecule has 0 aliphatic heterocycles. The normalized spacial score (nSPS) is 40.1. The van der Waals surface area contributed by atoms with Gasteiger partial charge in [-0.2, -0.15) is 0 Å². The van der Waals surface area contributed by atoms with Gasteiger partial charge >= 0.3 is 5.97 Å². The number of aromatic nitrogens is 3. The quantitative estimate of drug-likeness (QED) is 0.442. The van der Waals surface area contributed by atoms with Crippen LogP contribution in [0.3, 0.4) is 0 Å². The Morgan fingerprint density at radius 1 is 1.13 bits per heavy atom. The van der Waals surface area contributed by atoms with E-state index in [1.807, 2.05) is 18.2 Å². The van der Waals surface area contributed by atoms with E-state index in [9.17, 15) is 20.1 Å². The van der Waals surface area contributed by atoms with Gasteiger partial charge < -0.3 is 15.3 Å². The molecular formula is C32H41N3O4. The standard InChI is InChI=1S/C32H41N3O4/c1-17(8-11-27(38)39)20-9-10-21-28-25(36)13-19-12-23-18(14-31(19,2)29(28)26(37)15-32(20,21)3)16-35-24-7-5-4-6-22(24)33-30(35)34-23/h4-7,16-17,19-21,25-26,28-29,36-37H,8-15H2,1-3H3,(H,38,39)/t17-,19-,20-,21+,25-,26-,28-,29+,31+,32-/m1/s1. The lowest BCUT2D eigenvalue weighted by Crippen LogP contribution is -2.63. The van der Waals surface area contributed by atoms with Crippen LogP contribution in [-0.4, -0.2) is 47.9 Å². The second kappa shape index (κ2) is 8.74. The van der Waals surface area contributed by atoms with Gasteiger partial charge in [-0.1, -0.05) is 32.9 Å². The molecule has 7 nitrogen and oxygen atoms in total. The van der Waals surface area contributed by atoms with Crippen LogP contribution in [0.4, 0.5) is 0 Å². The third-order valence-corrected chi connectivity index (χ3v) is 12.1. The highest BCUT2D eigenvalue weighted by molar-refractivity contribution is 5.79. The maximum atomic E-state index is 11.9. The van der Waals surface area contributed by atoms with Gasteiger partial charge in [0.15, 0.2) is 0 Å². The number of aliphatic hydroxyl groups is 2. The average molecular weight is 532 g/mol. The van der Waals surface area contributed by atoms with Gasteiger partial charge in [-0.3, -0.25) is 9.20 Å². The molecule has 3 fully saturated rings. The van der Waals surface area contributed by atoms with Gasteiger partial charge in [-0.05, 0) is 109 Å². The molecule has 1 aromatic carbocycles. The Bertz CT molecular complexity index is 1450. The summed E-state index contributed by atoms with van der Waals surface area (Å²) in [5.41, 5.74) is 4.16. The van der Waals surface area contributed by atoms with Crippen molar-refractivity contribution in [2.45, 2.75) is 84.3 Å². The Morgan fingerprint density at radius 2 is 1.92 bits per heavy atom. The number of carboxylic acids is 1. The van der Waals surface area contributed by atoms with Crippen molar-refractivity contribution in [1.29, 1.82) is 0 Å². The van der Waals surface area contributed by atoms with Crippen LogP contribution in [0.2, 0.25) is 0 Å². The smallest absolute Gasteiger partial charge is 0.303 e. The van der Waals surface area contributed by atoms with Crippen LogP contribution < -0.4 is 0 Å². The highest BCUT2D eigenvalue weighted by Crippen LogP contribution is 2.68. The molecule has 39 heavy (non-hydrogen) atoms. The molecule has 0 saturated heterocycles. The minimum absolute atomic E-state index is 0.0424.